The Morgan fingerprint density at radius 1 is 0.821 bits per heavy atom. The SMILES string of the molecule is NC(=O)c1cccc2c1c1[c]cc(-c3c(Cl)cccc3Cl)cc1n2Cc1cccc(OCc2ccccc2)c1. The molecule has 4 nitrogen and oxygen atoms in total. The molecule has 1 amide bonds. The van der Waals surface area contributed by atoms with Gasteiger partial charge in [-0.2, -0.15) is 0 Å². The first-order valence-electron chi connectivity index (χ1n) is 12.5. The molecular formula is C33H23Cl2N2O2. The molecule has 0 saturated carbocycles. The molecule has 0 spiro atoms. The third kappa shape index (κ3) is 4.85. The van der Waals surface area contributed by atoms with E-state index in [9.17, 15) is 4.79 Å². The fraction of sp³-hybridized carbons (Fsp3) is 0.0606. The average molecular weight is 550 g/mol. The van der Waals surface area contributed by atoms with E-state index >= 15 is 0 Å². The summed E-state index contributed by atoms with van der Waals surface area (Å²) < 4.78 is 8.24. The minimum atomic E-state index is -0.484. The van der Waals surface area contributed by atoms with Crippen LogP contribution in [-0.2, 0) is 13.2 Å². The molecule has 39 heavy (non-hydrogen) atoms. The van der Waals surface area contributed by atoms with Crippen molar-refractivity contribution in [3.05, 3.63) is 136 Å². The molecule has 1 radical (unpaired) electrons. The number of halogens is 2. The lowest BCUT2D eigenvalue weighted by Crippen LogP contribution is -2.11. The van der Waals surface area contributed by atoms with E-state index in [2.05, 4.69) is 16.7 Å². The average Bonchev–Trinajstić information content (AvgIpc) is 3.25. The number of ether oxygens (including phenoxy) is 1. The number of carbonyl (C=O) groups is 1. The highest BCUT2D eigenvalue weighted by Crippen LogP contribution is 2.39. The lowest BCUT2D eigenvalue weighted by atomic mass is 10.0. The molecule has 191 valence electrons. The Kier molecular flexibility index (Phi) is 6.74. The quantitative estimate of drug-likeness (QED) is 0.217. The van der Waals surface area contributed by atoms with E-state index in [0.29, 0.717) is 28.8 Å². The summed E-state index contributed by atoms with van der Waals surface area (Å²) in [4.78, 5) is 12.4. The molecule has 0 saturated heterocycles. The van der Waals surface area contributed by atoms with Crippen LogP contribution in [0.15, 0.2) is 103 Å². The van der Waals surface area contributed by atoms with Gasteiger partial charge in [0.25, 0.3) is 0 Å². The monoisotopic (exact) mass is 549 g/mol. The summed E-state index contributed by atoms with van der Waals surface area (Å²) in [6.45, 7) is 1.02. The van der Waals surface area contributed by atoms with E-state index in [-0.39, 0.29) is 0 Å². The topological polar surface area (TPSA) is 57.2 Å². The number of benzene rings is 5. The molecule has 5 aromatic carbocycles. The Morgan fingerprint density at radius 3 is 2.31 bits per heavy atom. The lowest BCUT2D eigenvalue weighted by molar-refractivity contribution is 0.100. The summed E-state index contributed by atoms with van der Waals surface area (Å²) in [5.74, 6) is 0.299. The van der Waals surface area contributed by atoms with Crippen LogP contribution in [0.25, 0.3) is 32.9 Å². The Hall–Kier alpha value is -4.25. The van der Waals surface area contributed by atoms with Gasteiger partial charge in [0.05, 0.1) is 11.0 Å². The molecule has 0 unspecified atom stereocenters. The van der Waals surface area contributed by atoms with Crippen molar-refractivity contribution in [2.45, 2.75) is 13.2 Å². The van der Waals surface area contributed by atoms with Crippen LogP contribution in [0.3, 0.4) is 0 Å². The van der Waals surface area contributed by atoms with Crippen LogP contribution in [0.2, 0.25) is 10.0 Å². The molecule has 6 rings (SSSR count). The van der Waals surface area contributed by atoms with Crippen LogP contribution in [0, 0.1) is 6.07 Å². The van der Waals surface area contributed by atoms with Gasteiger partial charge in [0.2, 0.25) is 5.91 Å². The molecule has 1 heterocycles. The predicted molar refractivity (Wildman–Crippen MR) is 159 cm³/mol. The Bertz CT molecular complexity index is 1820. The number of nitrogens with zero attached hydrogens (tertiary/aromatic N) is 1. The second-order valence-electron chi connectivity index (χ2n) is 9.32. The van der Waals surface area contributed by atoms with Crippen LogP contribution in [-0.4, -0.2) is 10.5 Å². The fourth-order valence-corrected chi connectivity index (χ4v) is 5.62. The molecular weight excluding hydrogens is 527 g/mol. The highest BCUT2D eigenvalue weighted by molar-refractivity contribution is 6.39. The van der Waals surface area contributed by atoms with Gasteiger partial charge in [-0.25, -0.2) is 0 Å². The van der Waals surface area contributed by atoms with Crippen LogP contribution in [0.1, 0.15) is 21.5 Å². The molecule has 1 aromatic heterocycles. The molecule has 6 aromatic rings. The molecule has 0 aliphatic carbocycles. The van der Waals surface area contributed by atoms with E-state index < -0.39 is 5.91 Å². The number of hydrogen-bond donors (Lipinski definition) is 1. The van der Waals surface area contributed by atoms with Crippen molar-refractivity contribution in [2.75, 3.05) is 0 Å². The largest absolute Gasteiger partial charge is 0.489 e. The van der Waals surface area contributed by atoms with Crippen LogP contribution in [0.4, 0.5) is 0 Å². The zero-order chi connectivity index (χ0) is 26.9. The molecule has 2 N–H and O–H groups in total. The molecule has 6 heteroatoms. The Labute approximate surface area is 236 Å². The summed E-state index contributed by atoms with van der Waals surface area (Å²) in [6.07, 6.45) is 0. The van der Waals surface area contributed by atoms with Gasteiger partial charge in [0.15, 0.2) is 0 Å². The number of nitrogens with two attached hydrogens (primary N) is 1. The van der Waals surface area contributed by atoms with Crippen LogP contribution >= 0.6 is 23.2 Å². The maximum Gasteiger partial charge on any atom is 0.249 e. The summed E-state index contributed by atoms with van der Waals surface area (Å²) >= 11 is 13.1. The second-order valence-corrected chi connectivity index (χ2v) is 10.1. The van der Waals surface area contributed by atoms with Crippen molar-refractivity contribution in [3.8, 4) is 16.9 Å². The molecule has 0 aliphatic heterocycles. The van der Waals surface area contributed by atoms with Crippen molar-refractivity contribution in [1.82, 2.24) is 4.57 Å². The molecule has 0 fully saturated rings. The van der Waals surface area contributed by atoms with Gasteiger partial charge >= 0.3 is 0 Å². The number of hydrogen-bond acceptors (Lipinski definition) is 2. The van der Waals surface area contributed by atoms with Gasteiger partial charge in [-0.3, -0.25) is 4.79 Å². The fourth-order valence-electron chi connectivity index (χ4n) is 5.01. The van der Waals surface area contributed by atoms with Crippen molar-refractivity contribution < 1.29 is 9.53 Å². The van der Waals surface area contributed by atoms with E-state index in [0.717, 1.165) is 49.8 Å². The minimum absolute atomic E-state index is 0.455. The van der Waals surface area contributed by atoms with Crippen molar-refractivity contribution >= 4 is 50.9 Å². The highest BCUT2D eigenvalue weighted by Gasteiger charge is 2.19. The van der Waals surface area contributed by atoms with Gasteiger partial charge in [0.1, 0.15) is 12.4 Å². The number of rotatable bonds is 7. The van der Waals surface area contributed by atoms with Crippen molar-refractivity contribution in [2.24, 2.45) is 5.73 Å². The first-order valence-corrected chi connectivity index (χ1v) is 13.2. The first-order chi connectivity index (χ1) is 19.0. The Morgan fingerprint density at radius 2 is 1.54 bits per heavy atom. The zero-order valence-corrected chi connectivity index (χ0v) is 22.3. The lowest BCUT2D eigenvalue weighted by Gasteiger charge is -2.12. The predicted octanol–water partition coefficient (Wildman–Crippen LogP) is 8.29. The molecule has 0 aliphatic rings. The maximum absolute atomic E-state index is 12.4. The van der Waals surface area contributed by atoms with E-state index in [1.165, 1.54) is 0 Å². The standard InChI is InChI=1S/C33H23Cl2N2O2/c34-27-12-6-13-28(35)31(27)23-15-16-25-30(18-23)37(29-14-5-11-26(32(25)29)33(36)38)19-22-9-4-10-24(17-22)39-20-21-7-2-1-3-8-21/h1-15,17-18H,19-20H2,(H2,36,38). The third-order valence-corrected chi connectivity index (χ3v) is 7.43. The molecule has 0 atom stereocenters. The van der Waals surface area contributed by atoms with E-state index in [1.54, 1.807) is 6.07 Å². The van der Waals surface area contributed by atoms with Crippen LogP contribution in [0.5, 0.6) is 5.75 Å². The van der Waals surface area contributed by atoms with E-state index in [1.807, 2.05) is 91.0 Å². The van der Waals surface area contributed by atoms with Gasteiger partial charge in [0, 0.05) is 38.5 Å². The summed E-state index contributed by atoms with van der Waals surface area (Å²) in [5.41, 5.74) is 11.7. The van der Waals surface area contributed by atoms with Gasteiger partial charge in [-0.15, -0.1) is 0 Å². The van der Waals surface area contributed by atoms with Gasteiger partial charge in [-0.05, 0) is 71.3 Å². The number of primary amides is 1. The number of aromatic nitrogens is 1. The van der Waals surface area contributed by atoms with Gasteiger partial charge < -0.3 is 15.0 Å². The smallest absolute Gasteiger partial charge is 0.249 e. The van der Waals surface area contributed by atoms with Crippen molar-refractivity contribution in [3.63, 3.8) is 0 Å². The highest BCUT2D eigenvalue weighted by atomic mass is 35.5. The molecule has 0 bridgehead atoms. The van der Waals surface area contributed by atoms with Crippen LogP contribution < -0.4 is 10.5 Å². The number of amides is 1. The van der Waals surface area contributed by atoms with E-state index in [4.69, 9.17) is 33.7 Å². The summed E-state index contributed by atoms with van der Waals surface area (Å²) in [5, 5.41) is 2.69. The van der Waals surface area contributed by atoms with Crippen molar-refractivity contribution in [1.29, 1.82) is 0 Å². The maximum atomic E-state index is 12.4. The summed E-state index contributed by atoms with van der Waals surface area (Å²) in [7, 11) is 0. The zero-order valence-electron chi connectivity index (χ0n) is 20.8. The minimum Gasteiger partial charge on any atom is -0.489 e. The third-order valence-electron chi connectivity index (χ3n) is 6.80. The summed E-state index contributed by atoms with van der Waals surface area (Å²) in [6, 6.07) is 36.4. The second kappa shape index (κ2) is 10.5. The number of carbonyl (C=O) groups excluding carboxylic acids is 1. The normalized spacial score (nSPS) is 11.2. The Balaban J connectivity index is 1.47. The van der Waals surface area contributed by atoms with Gasteiger partial charge in [-0.1, -0.05) is 77.8 Å². The first kappa shape index (κ1) is 25.1. The number of fused-ring (bicyclic) bond motifs is 3.